The first-order chi connectivity index (χ1) is 9.60. The van der Waals surface area contributed by atoms with E-state index in [1.807, 2.05) is 0 Å². The molecule has 5 nitrogen and oxygen atoms in total. The summed E-state index contributed by atoms with van der Waals surface area (Å²) in [5.41, 5.74) is -0.214. The number of aromatic nitrogens is 3. The highest BCUT2D eigenvalue weighted by molar-refractivity contribution is 7.99. The zero-order valence-electron chi connectivity index (χ0n) is 10.3. The van der Waals surface area contributed by atoms with E-state index in [9.17, 15) is 13.6 Å². The number of aliphatic hydroxyl groups excluding tert-OH is 1. The first-order valence-electron chi connectivity index (χ1n) is 6.03. The van der Waals surface area contributed by atoms with Gasteiger partial charge in [0.05, 0.1) is 11.5 Å². The summed E-state index contributed by atoms with van der Waals surface area (Å²) in [6.07, 6.45) is 1.73. The van der Waals surface area contributed by atoms with E-state index in [4.69, 9.17) is 5.11 Å². The van der Waals surface area contributed by atoms with Crippen LogP contribution in [0.4, 0.5) is 8.78 Å². The average Bonchev–Trinajstić information content (AvgIpc) is 3.18. The molecule has 2 aromatic rings. The summed E-state index contributed by atoms with van der Waals surface area (Å²) in [6.45, 7) is -0.437. The monoisotopic (exact) mass is 299 g/mol. The van der Waals surface area contributed by atoms with Crippen LogP contribution in [0.25, 0.3) is 0 Å². The van der Waals surface area contributed by atoms with Gasteiger partial charge in [-0.05, 0) is 42.3 Å². The average molecular weight is 299 g/mol. The van der Waals surface area contributed by atoms with Crippen molar-refractivity contribution in [1.82, 2.24) is 14.8 Å². The van der Waals surface area contributed by atoms with Crippen LogP contribution in [-0.2, 0) is 6.61 Å². The summed E-state index contributed by atoms with van der Waals surface area (Å²) in [4.78, 5) is 11.4. The third-order valence-corrected chi connectivity index (χ3v) is 4.08. The van der Waals surface area contributed by atoms with Crippen molar-refractivity contribution in [2.24, 2.45) is 0 Å². The molecule has 2 N–H and O–H groups in total. The van der Waals surface area contributed by atoms with Crippen LogP contribution in [0.5, 0.6) is 0 Å². The van der Waals surface area contributed by atoms with Crippen LogP contribution in [-0.4, -0.2) is 19.9 Å². The molecule has 3 rings (SSSR count). The molecule has 0 bridgehead atoms. The predicted octanol–water partition coefficient (Wildman–Crippen LogP) is 1.83. The number of benzene rings is 1. The largest absolute Gasteiger partial charge is 0.392 e. The SMILES string of the molecule is O=c1[nH]nc(Sc2c(F)cc(CO)cc2F)n1C1CC1. The Labute approximate surface area is 116 Å². The predicted molar refractivity (Wildman–Crippen MR) is 67.5 cm³/mol. The van der Waals surface area contributed by atoms with Crippen LogP contribution in [0.1, 0.15) is 24.4 Å². The van der Waals surface area contributed by atoms with Gasteiger partial charge in [-0.2, -0.15) is 0 Å². The van der Waals surface area contributed by atoms with E-state index in [1.165, 1.54) is 4.57 Å². The van der Waals surface area contributed by atoms with E-state index >= 15 is 0 Å². The van der Waals surface area contributed by atoms with Gasteiger partial charge in [0.15, 0.2) is 5.16 Å². The van der Waals surface area contributed by atoms with Crippen LogP contribution in [0.2, 0.25) is 0 Å². The van der Waals surface area contributed by atoms with Crippen LogP contribution in [0.3, 0.4) is 0 Å². The second kappa shape index (κ2) is 5.02. The van der Waals surface area contributed by atoms with Crippen molar-refractivity contribution >= 4 is 11.8 Å². The molecule has 0 atom stereocenters. The van der Waals surface area contributed by atoms with Crippen molar-refractivity contribution in [1.29, 1.82) is 0 Å². The van der Waals surface area contributed by atoms with Gasteiger partial charge >= 0.3 is 5.69 Å². The zero-order chi connectivity index (χ0) is 14.3. The Hall–Kier alpha value is -1.67. The topological polar surface area (TPSA) is 70.9 Å². The summed E-state index contributed by atoms with van der Waals surface area (Å²) >= 11 is 0.765. The number of H-pyrrole nitrogens is 1. The van der Waals surface area contributed by atoms with Gasteiger partial charge in [-0.1, -0.05) is 0 Å². The Bertz CT molecular complexity index is 686. The molecular weight excluding hydrogens is 288 g/mol. The van der Waals surface area contributed by atoms with Gasteiger partial charge in [0.2, 0.25) is 0 Å². The smallest absolute Gasteiger partial charge is 0.344 e. The first-order valence-corrected chi connectivity index (χ1v) is 6.85. The fraction of sp³-hybridized carbons (Fsp3) is 0.333. The second-order valence-electron chi connectivity index (χ2n) is 4.56. The van der Waals surface area contributed by atoms with Gasteiger partial charge in [-0.15, -0.1) is 5.10 Å². The van der Waals surface area contributed by atoms with Gasteiger partial charge in [-0.25, -0.2) is 18.7 Å². The van der Waals surface area contributed by atoms with Gasteiger partial charge in [-0.3, -0.25) is 4.57 Å². The van der Waals surface area contributed by atoms with E-state index in [-0.39, 0.29) is 27.3 Å². The molecule has 8 heteroatoms. The molecule has 1 saturated carbocycles. The molecule has 1 aliphatic carbocycles. The standard InChI is InChI=1S/C12H11F2N3O2S/c13-8-3-6(5-18)4-9(14)10(8)20-12-16-15-11(19)17(12)7-1-2-7/h3-4,7,18H,1-2,5H2,(H,15,19). The Morgan fingerprint density at radius 1 is 1.40 bits per heavy atom. The number of aliphatic hydroxyl groups is 1. The molecule has 0 radical (unpaired) electrons. The van der Waals surface area contributed by atoms with Crippen molar-refractivity contribution in [2.75, 3.05) is 0 Å². The molecule has 106 valence electrons. The second-order valence-corrected chi connectivity index (χ2v) is 5.54. The summed E-state index contributed by atoms with van der Waals surface area (Å²) in [5, 5.41) is 15.2. The fourth-order valence-corrected chi connectivity index (χ4v) is 2.83. The van der Waals surface area contributed by atoms with Crippen LogP contribution < -0.4 is 5.69 Å². The number of rotatable bonds is 4. The minimum Gasteiger partial charge on any atom is -0.392 e. The summed E-state index contributed by atoms with van der Waals surface area (Å²) in [5.74, 6) is -1.56. The number of nitrogens with one attached hydrogen (secondary N) is 1. The molecule has 1 heterocycles. The maximum absolute atomic E-state index is 13.8. The molecule has 1 aliphatic rings. The van der Waals surface area contributed by atoms with Gasteiger partial charge in [0.25, 0.3) is 0 Å². The van der Waals surface area contributed by atoms with E-state index in [2.05, 4.69) is 10.2 Å². The highest BCUT2D eigenvalue weighted by Gasteiger charge is 2.29. The number of aromatic amines is 1. The Morgan fingerprint density at radius 2 is 2.05 bits per heavy atom. The summed E-state index contributed by atoms with van der Waals surface area (Å²) in [7, 11) is 0. The normalized spacial score (nSPS) is 14.8. The molecular formula is C12H11F2N3O2S. The number of hydrogen-bond acceptors (Lipinski definition) is 4. The van der Waals surface area contributed by atoms with Gasteiger partial charge in [0.1, 0.15) is 11.6 Å². The maximum atomic E-state index is 13.8. The fourth-order valence-electron chi connectivity index (χ4n) is 1.91. The molecule has 0 spiro atoms. The third-order valence-electron chi connectivity index (χ3n) is 3.02. The van der Waals surface area contributed by atoms with Crippen LogP contribution in [0, 0.1) is 11.6 Å². The van der Waals surface area contributed by atoms with Crippen molar-refractivity contribution in [3.05, 3.63) is 39.8 Å². The van der Waals surface area contributed by atoms with Crippen molar-refractivity contribution in [2.45, 2.75) is 35.5 Å². The van der Waals surface area contributed by atoms with E-state index in [1.54, 1.807) is 0 Å². The number of halogens is 2. The summed E-state index contributed by atoms with van der Waals surface area (Å²) in [6, 6.07) is 2.20. The highest BCUT2D eigenvalue weighted by Crippen LogP contribution is 2.38. The first kappa shape index (κ1) is 13.3. The van der Waals surface area contributed by atoms with E-state index < -0.39 is 18.2 Å². The lowest BCUT2D eigenvalue weighted by molar-refractivity contribution is 0.280. The molecule has 0 aliphatic heterocycles. The third kappa shape index (κ3) is 2.36. The lowest BCUT2D eigenvalue weighted by Crippen LogP contribution is -2.16. The van der Waals surface area contributed by atoms with E-state index in [0.29, 0.717) is 0 Å². The molecule has 1 aromatic heterocycles. The quantitative estimate of drug-likeness (QED) is 0.903. The minimum atomic E-state index is -0.781. The van der Waals surface area contributed by atoms with Crippen LogP contribution in [0.15, 0.2) is 27.0 Å². The molecule has 0 saturated heterocycles. The van der Waals surface area contributed by atoms with Crippen molar-refractivity contribution < 1.29 is 13.9 Å². The highest BCUT2D eigenvalue weighted by atomic mass is 32.2. The van der Waals surface area contributed by atoms with Crippen molar-refractivity contribution in [3.63, 3.8) is 0 Å². The van der Waals surface area contributed by atoms with Crippen molar-refractivity contribution in [3.8, 4) is 0 Å². The number of hydrogen-bond donors (Lipinski definition) is 2. The number of nitrogens with zero attached hydrogens (tertiary/aromatic N) is 2. The molecule has 20 heavy (non-hydrogen) atoms. The molecule has 0 amide bonds. The zero-order valence-corrected chi connectivity index (χ0v) is 11.1. The minimum absolute atomic E-state index is 0.0617. The lowest BCUT2D eigenvalue weighted by atomic mass is 10.2. The van der Waals surface area contributed by atoms with E-state index in [0.717, 1.165) is 36.7 Å². The molecule has 1 fully saturated rings. The Balaban J connectivity index is 1.98. The Morgan fingerprint density at radius 3 is 2.60 bits per heavy atom. The van der Waals surface area contributed by atoms with Gasteiger partial charge in [0, 0.05) is 6.04 Å². The maximum Gasteiger partial charge on any atom is 0.344 e. The Kier molecular flexibility index (Phi) is 3.35. The lowest BCUT2D eigenvalue weighted by Gasteiger charge is -2.07. The molecule has 1 aromatic carbocycles. The van der Waals surface area contributed by atoms with Crippen LogP contribution >= 0.6 is 11.8 Å². The van der Waals surface area contributed by atoms with Gasteiger partial charge < -0.3 is 5.11 Å². The summed E-state index contributed by atoms with van der Waals surface area (Å²) < 4.78 is 29.1. The molecule has 0 unspecified atom stereocenters.